The molecule has 0 saturated heterocycles. The Bertz CT molecular complexity index is 1320. The van der Waals surface area contributed by atoms with E-state index in [0.29, 0.717) is 17.9 Å². The zero-order chi connectivity index (χ0) is 22.7. The minimum atomic E-state index is -1.40. The highest BCUT2D eigenvalue weighted by atomic mass is 79.9. The van der Waals surface area contributed by atoms with E-state index in [2.05, 4.69) is 34.2 Å². The van der Waals surface area contributed by atoms with Gasteiger partial charge in [0.05, 0.1) is 30.1 Å². The number of rotatable bonds is 3. The molecule has 0 saturated carbocycles. The third-order valence-corrected chi connectivity index (χ3v) is 7.19. The summed E-state index contributed by atoms with van der Waals surface area (Å²) in [5.41, 5.74) is 4.17. The molecule has 6 nitrogen and oxygen atoms in total. The van der Waals surface area contributed by atoms with Crippen LogP contribution in [0.2, 0.25) is 0 Å². The Morgan fingerprint density at radius 2 is 2.03 bits per heavy atom. The molecule has 0 radical (unpaired) electrons. The number of halogens is 1. The highest BCUT2D eigenvalue weighted by Gasteiger charge is 2.61. The molecule has 2 atom stereocenters. The van der Waals surface area contributed by atoms with Crippen LogP contribution in [0.4, 0.5) is 5.69 Å². The van der Waals surface area contributed by atoms with E-state index < -0.39 is 5.72 Å². The Morgan fingerprint density at radius 3 is 2.79 bits per heavy atom. The number of aryl methyl sites for hydroxylation is 1. The molecule has 0 aliphatic carbocycles. The van der Waals surface area contributed by atoms with Gasteiger partial charge < -0.3 is 14.8 Å². The zero-order valence-corrected chi connectivity index (χ0v) is 19.8. The van der Waals surface area contributed by atoms with E-state index in [0.717, 1.165) is 44.5 Å². The summed E-state index contributed by atoms with van der Waals surface area (Å²) in [6, 6.07) is 19.8. The van der Waals surface area contributed by atoms with Crippen molar-refractivity contribution in [2.24, 2.45) is 5.10 Å². The molecule has 0 aromatic heterocycles. The van der Waals surface area contributed by atoms with Crippen molar-refractivity contribution >= 4 is 33.2 Å². The second kappa shape index (κ2) is 7.35. The van der Waals surface area contributed by atoms with Gasteiger partial charge in [0.15, 0.2) is 11.5 Å². The van der Waals surface area contributed by atoms with Crippen molar-refractivity contribution in [3.8, 4) is 11.5 Å². The molecular formula is C26H22BrN3O3. The van der Waals surface area contributed by atoms with Gasteiger partial charge in [-0.2, -0.15) is 5.10 Å². The summed E-state index contributed by atoms with van der Waals surface area (Å²) in [6.45, 7) is 2.10. The zero-order valence-electron chi connectivity index (χ0n) is 18.3. The van der Waals surface area contributed by atoms with Gasteiger partial charge in [0.2, 0.25) is 0 Å². The first-order chi connectivity index (χ1) is 16.0. The first-order valence-corrected chi connectivity index (χ1v) is 11.8. The van der Waals surface area contributed by atoms with Crippen LogP contribution in [0.1, 0.15) is 41.6 Å². The summed E-state index contributed by atoms with van der Waals surface area (Å²) >= 11 is 3.50. The fourth-order valence-electron chi connectivity index (χ4n) is 4.98. The number of carbonyl (C=O) groups is 1. The molecule has 3 aliphatic heterocycles. The summed E-state index contributed by atoms with van der Waals surface area (Å²) in [5.74, 6) is 0.961. The molecule has 166 valence electrons. The van der Waals surface area contributed by atoms with Crippen LogP contribution in [0.5, 0.6) is 11.5 Å². The molecule has 3 aromatic rings. The molecule has 1 amide bonds. The lowest BCUT2D eigenvalue weighted by Gasteiger charge is -2.44. The molecule has 3 heterocycles. The molecule has 3 aliphatic rings. The minimum Gasteiger partial charge on any atom is -0.493 e. The maximum atomic E-state index is 13.7. The number of carbonyl (C=O) groups excluding carboxylic acids is 1. The van der Waals surface area contributed by atoms with Gasteiger partial charge in [-0.3, -0.25) is 4.79 Å². The van der Waals surface area contributed by atoms with E-state index in [1.54, 1.807) is 7.11 Å². The van der Waals surface area contributed by atoms with Crippen molar-refractivity contribution in [3.63, 3.8) is 0 Å². The third kappa shape index (κ3) is 2.85. The Labute approximate surface area is 200 Å². The monoisotopic (exact) mass is 503 g/mol. The van der Waals surface area contributed by atoms with Gasteiger partial charge in [-0.05, 0) is 47.9 Å². The van der Waals surface area contributed by atoms with Crippen LogP contribution in [-0.2, 0) is 16.9 Å². The van der Waals surface area contributed by atoms with Gasteiger partial charge in [-0.25, -0.2) is 5.01 Å². The number of benzene rings is 3. The average molecular weight is 504 g/mol. The molecular weight excluding hydrogens is 482 g/mol. The second-order valence-corrected chi connectivity index (χ2v) is 9.35. The maximum Gasteiger partial charge on any atom is 0.306 e. The van der Waals surface area contributed by atoms with Gasteiger partial charge in [0.1, 0.15) is 0 Å². The van der Waals surface area contributed by atoms with Crippen molar-refractivity contribution < 1.29 is 14.3 Å². The van der Waals surface area contributed by atoms with Gasteiger partial charge in [0.25, 0.3) is 5.91 Å². The van der Waals surface area contributed by atoms with E-state index >= 15 is 0 Å². The molecule has 1 N–H and O–H groups in total. The van der Waals surface area contributed by atoms with Crippen LogP contribution in [-0.4, -0.2) is 23.7 Å². The first-order valence-electron chi connectivity index (χ1n) is 11.0. The molecule has 1 spiro atoms. The molecule has 0 unspecified atom stereocenters. The second-order valence-electron chi connectivity index (χ2n) is 8.43. The summed E-state index contributed by atoms with van der Waals surface area (Å²) in [6.07, 6.45) is 1.51. The lowest BCUT2D eigenvalue weighted by Crippen LogP contribution is -2.55. The number of anilines is 1. The number of hydrazone groups is 1. The number of fused-ring (bicyclic) bond motifs is 6. The lowest BCUT2D eigenvalue weighted by atomic mass is 9.91. The molecule has 3 aromatic carbocycles. The van der Waals surface area contributed by atoms with Crippen LogP contribution < -0.4 is 14.8 Å². The van der Waals surface area contributed by atoms with E-state index in [1.807, 2.05) is 59.6 Å². The number of hydrogen-bond acceptors (Lipinski definition) is 5. The number of amides is 1. The number of hydrogen-bond donors (Lipinski definition) is 1. The lowest BCUT2D eigenvalue weighted by molar-refractivity contribution is -0.161. The number of nitrogens with one attached hydrogen (secondary N) is 1. The summed E-state index contributed by atoms with van der Waals surface area (Å²) in [4.78, 5) is 13.7. The molecule has 0 fully saturated rings. The van der Waals surface area contributed by atoms with Crippen molar-refractivity contribution in [1.29, 1.82) is 0 Å². The summed E-state index contributed by atoms with van der Waals surface area (Å²) < 4.78 is 13.3. The van der Waals surface area contributed by atoms with Crippen LogP contribution in [0, 0.1) is 0 Å². The molecule has 7 heteroatoms. The Balaban J connectivity index is 1.59. The summed E-state index contributed by atoms with van der Waals surface area (Å²) in [7, 11) is 1.62. The van der Waals surface area contributed by atoms with E-state index in [1.165, 1.54) is 0 Å². The van der Waals surface area contributed by atoms with Crippen molar-refractivity contribution in [1.82, 2.24) is 5.01 Å². The summed E-state index contributed by atoms with van der Waals surface area (Å²) in [5, 5.41) is 9.90. The average Bonchev–Trinajstić information content (AvgIpc) is 3.40. The van der Waals surface area contributed by atoms with E-state index in [-0.39, 0.29) is 11.9 Å². The number of para-hydroxylation sites is 1. The predicted octanol–water partition coefficient (Wildman–Crippen LogP) is 5.37. The van der Waals surface area contributed by atoms with Crippen LogP contribution >= 0.6 is 15.9 Å². The number of methoxy groups -OCH3 is 1. The largest absolute Gasteiger partial charge is 0.493 e. The Hall–Kier alpha value is -3.32. The Morgan fingerprint density at radius 1 is 1.21 bits per heavy atom. The highest BCUT2D eigenvalue weighted by molar-refractivity contribution is 9.10. The van der Waals surface area contributed by atoms with Crippen LogP contribution in [0.15, 0.2) is 70.2 Å². The minimum absolute atomic E-state index is 0.163. The number of nitrogens with zero attached hydrogens (tertiary/aromatic N) is 2. The highest BCUT2D eigenvalue weighted by Crippen LogP contribution is 2.56. The van der Waals surface area contributed by atoms with Gasteiger partial charge in [0, 0.05) is 16.5 Å². The smallest absolute Gasteiger partial charge is 0.306 e. The van der Waals surface area contributed by atoms with Crippen molar-refractivity contribution in [3.05, 3.63) is 87.4 Å². The SMILES string of the molecule is CCc1ccc2c(c1)[C@@]1(Oc3c(OC)cccc3[C@@H]3CC(c4ccc(Br)cc4)=NN31)C(=O)N2. The van der Waals surface area contributed by atoms with Crippen LogP contribution in [0.25, 0.3) is 0 Å². The van der Waals surface area contributed by atoms with Gasteiger partial charge in [-0.15, -0.1) is 0 Å². The standard InChI is InChI=1S/C26H22BrN3O3/c1-3-15-7-12-20-19(13-15)26(25(31)28-20)30-22(18-5-4-6-23(32-2)24(18)33-26)14-21(29-30)16-8-10-17(27)11-9-16/h4-13,22H,3,14H2,1-2H3,(H,28,31)/t22-,26+/m0/s1. The Kier molecular flexibility index (Phi) is 4.52. The first kappa shape index (κ1) is 20.3. The molecule has 0 bridgehead atoms. The molecule has 33 heavy (non-hydrogen) atoms. The van der Waals surface area contributed by atoms with E-state index in [4.69, 9.17) is 14.6 Å². The van der Waals surface area contributed by atoms with E-state index in [9.17, 15) is 4.79 Å². The predicted molar refractivity (Wildman–Crippen MR) is 130 cm³/mol. The number of ether oxygens (including phenoxy) is 2. The fraction of sp³-hybridized carbons (Fsp3) is 0.231. The molecule has 6 rings (SSSR count). The quantitative estimate of drug-likeness (QED) is 0.521. The van der Waals surface area contributed by atoms with Crippen LogP contribution in [0.3, 0.4) is 0 Å². The third-order valence-electron chi connectivity index (χ3n) is 6.66. The fourth-order valence-corrected chi connectivity index (χ4v) is 5.24. The van der Waals surface area contributed by atoms with Crippen molar-refractivity contribution in [2.75, 3.05) is 12.4 Å². The van der Waals surface area contributed by atoms with Gasteiger partial charge >= 0.3 is 5.72 Å². The van der Waals surface area contributed by atoms with Crippen molar-refractivity contribution in [2.45, 2.75) is 31.5 Å². The topological polar surface area (TPSA) is 63.2 Å². The maximum absolute atomic E-state index is 13.7. The normalized spacial score (nSPS) is 22.3. The van der Waals surface area contributed by atoms with Gasteiger partial charge in [-0.1, -0.05) is 53.2 Å².